The van der Waals surface area contributed by atoms with E-state index in [0.717, 1.165) is 5.56 Å². The number of halogens is 1. The fourth-order valence-electron chi connectivity index (χ4n) is 1.83. The summed E-state index contributed by atoms with van der Waals surface area (Å²) in [7, 11) is 0. The van der Waals surface area contributed by atoms with E-state index in [1.165, 1.54) is 0 Å². The summed E-state index contributed by atoms with van der Waals surface area (Å²) in [4.78, 5) is 12.0. The number of benzene rings is 2. The Balaban J connectivity index is 1.89. The van der Waals surface area contributed by atoms with Gasteiger partial charge in [-0.3, -0.25) is 4.79 Å². The third kappa shape index (κ3) is 4.51. The highest BCUT2D eigenvalue weighted by atomic mass is 35.5. The summed E-state index contributed by atoms with van der Waals surface area (Å²) in [5, 5.41) is 12.3. The third-order valence-corrected chi connectivity index (χ3v) is 3.28. The minimum atomic E-state index is -0.652. The van der Waals surface area contributed by atoms with Crippen LogP contribution < -0.4 is 10.1 Å². The number of hydrogen-bond acceptors (Lipinski definition) is 3. The molecule has 1 amide bonds. The first-order valence-electron chi connectivity index (χ1n) is 6.77. The van der Waals surface area contributed by atoms with Crippen molar-refractivity contribution in [2.45, 2.75) is 19.6 Å². The second-order valence-electron chi connectivity index (χ2n) is 4.74. The molecular formula is C17H15ClN2O2. The van der Waals surface area contributed by atoms with E-state index < -0.39 is 6.10 Å². The summed E-state index contributed by atoms with van der Waals surface area (Å²) >= 11 is 5.81. The second kappa shape index (κ2) is 7.48. The Morgan fingerprint density at radius 1 is 1.32 bits per heavy atom. The topological polar surface area (TPSA) is 62.1 Å². The van der Waals surface area contributed by atoms with Crippen molar-refractivity contribution in [3.63, 3.8) is 0 Å². The normalized spacial score (nSPS) is 11.3. The molecule has 1 N–H and O–H groups in total. The molecule has 0 spiro atoms. The Morgan fingerprint density at radius 3 is 2.73 bits per heavy atom. The van der Waals surface area contributed by atoms with Crippen molar-refractivity contribution in [3.05, 3.63) is 64.7 Å². The number of ether oxygens (including phenoxy) is 1. The zero-order valence-electron chi connectivity index (χ0n) is 12.0. The van der Waals surface area contributed by atoms with E-state index in [1.807, 2.05) is 18.2 Å². The molecule has 112 valence electrons. The molecule has 1 atom stereocenters. The van der Waals surface area contributed by atoms with Crippen molar-refractivity contribution in [1.82, 2.24) is 5.32 Å². The highest BCUT2D eigenvalue weighted by molar-refractivity contribution is 6.30. The van der Waals surface area contributed by atoms with Crippen LogP contribution in [0, 0.1) is 11.3 Å². The molecule has 0 aliphatic heterocycles. The van der Waals surface area contributed by atoms with Gasteiger partial charge in [-0.2, -0.15) is 5.26 Å². The van der Waals surface area contributed by atoms with Crippen LogP contribution in [0.1, 0.15) is 18.1 Å². The van der Waals surface area contributed by atoms with E-state index in [-0.39, 0.29) is 5.91 Å². The van der Waals surface area contributed by atoms with Gasteiger partial charge in [0, 0.05) is 11.6 Å². The van der Waals surface area contributed by atoms with Gasteiger partial charge in [-0.25, -0.2) is 0 Å². The number of hydrogen-bond donors (Lipinski definition) is 1. The van der Waals surface area contributed by atoms with Crippen molar-refractivity contribution in [1.29, 1.82) is 5.26 Å². The molecule has 0 radical (unpaired) electrons. The second-order valence-corrected chi connectivity index (χ2v) is 5.18. The first kappa shape index (κ1) is 15.9. The number of amides is 1. The van der Waals surface area contributed by atoms with Crippen LogP contribution >= 0.6 is 11.6 Å². The van der Waals surface area contributed by atoms with E-state index in [9.17, 15) is 4.79 Å². The highest BCUT2D eigenvalue weighted by Gasteiger charge is 2.14. The van der Waals surface area contributed by atoms with E-state index in [0.29, 0.717) is 22.9 Å². The molecule has 2 aromatic carbocycles. The Labute approximate surface area is 134 Å². The van der Waals surface area contributed by atoms with Gasteiger partial charge in [0.15, 0.2) is 6.10 Å². The monoisotopic (exact) mass is 314 g/mol. The van der Waals surface area contributed by atoms with Gasteiger partial charge in [-0.05, 0) is 42.8 Å². The van der Waals surface area contributed by atoms with Crippen molar-refractivity contribution >= 4 is 17.5 Å². The van der Waals surface area contributed by atoms with Crippen molar-refractivity contribution in [2.24, 2.45) is 0 Å². The molecule has 2 aromatic rings. The largest absolute Gasteiger partial charge is 0.481 e. The number of nitriles is 1. The molecule has 0 aliphatic carbocycles. The van der Waals surface area contributed by atoms with Gasteiger partial charge in [-0.1, -0.05) is 29.8 Å². The fourth-order valence-corrected chi connectivity index (χ4v) is 1.96. The van der Waals surface area contributed by atoms with Gasteiger partial charge in [0.05, 0.1) is 11.6 Å². The maximum Gasteiger partial charge on any atom is 0.261 e. The molecule has 0 heterocycles. The highest BCUT2D eigenvalue weighted by Crippen LogP contribution is 2.14. The maximum atomic E-state index is 12.0. The van der Waals surface area contributed by atoms with Crippen molar-refractivity contribution in [3.8, 4) is 11.8 Å². The molecule has 0 aromatic heterocycles. The van der Waals surface area contributed by atoms with Crippen LogP contribution in [0.5, 0.6) is 5.75 Å². The average Bonchev–Trinajstić information content (AvgIpc) is 2.54. The SMILES string of the molecule is CC(Oc1cccc(C#N)c1)C(=O)NCc1ccc(Cl)cc1. The standard InChI is InChI=1S/C17H15ClN2O2/c1-12(22-16-4-2-3-14(9-16)10-19)17(21)20-11-13-5-7-15(18)8-6-13/h2-9,12H,11H2,1H3,(H,20,21). The lowest BCUT2D eigenvalue weighted by Crippen LogP contribution is -2.35. The first-order valence-corrected chi connectivity index (χ1v) is 7.15. The van der Waals surface area contributed by atoms with Crippen LogP contribution in [0.4, 0.5) is 0 Å². The summed E-state index contributed by atoms with van der Waals surface area (Å²) in [5.41, 5.74) is 1.45. The van der Waals surface area contributed by atoms with Crippen molar-refractivity contribution in [2.75, 3.05) is 0 Å². The Kier molecular flexibility index (Phi) is 5.40. The van der Waals surface area contributed by atoms with E-state index >= 15 is 0 Å². The summed E-state index contributed by atoms with van der Waals surface area (Å²) < 4.78 is 5.54. The van der Waals surface area contributed by atoms with Gasteiger partial charge >= 0.3 is 0 Å². The summed E-state index contributed by atoms with van der Waals surface area (Å²) in [5.74, 6) is 0.269. The minimum Gasteiger partial charge on any atom is -0.481 e. The number of carbonyl (C=O) groups is 1. The molecule has 4 nitrogen and oxygen atoms in total. The Bertz CT molecular complexity index is 693. The summed E-state index contributed by atoms with van der Waals surface area (Å²) in [6.07, 6.45) is -0.652. The molecule has 1 unspecified atom stereocenters. The number of rotatable bonds is 5. The number of carbonyl (C=O) groups excluding carboxylic acids is 1. The van der Waals surface area contributed by atoms with Gasteiger partial charge in [0.1, 0.15) is 5.75 Å². The van der Waals surface area contributed by atoms with Crippen LogP contribution in [0.2, 0.25) is 5.02 Å². The molecule has 0 fully saturated rings. The van der Waals surface area contributed by atoms with Crippen molar-refractivity contribution < 1.29 is 9.53 Å². The fraction of sp³-hybridized carbons (Fsp3) is 0.176. The number of nitrogens with one attached hydrogen (secondary N) is 1. The first-order chi connectivity index (χ1) is 10.6. The van der Waals surface area contributed by atoms with Gasteiger partial charge < -0.3 is 10.1 Å². The minimum absolute atomic E-state index is 0.225. The Hall–Kier alpha value is -2.51. The number of nitrogens with zero attached hydrogens (tertiary/aromatic N) is 1. The molecule has 22 heavy (non-hydrogen) atoms. The summed E-state index contributed by atoms with van der Waals surface area (Å²) in [6, 6.07) is 16.0. The van der Waals surface area contributed by atoms with E-state index in [4.69, 9.17) is 21.6 Å². The zero-order valence-corrected chi connectivity index (χ0v) is 12.8. The maximum absolute atomic E-state index is 12.0. The lowest BCUT2D eigenvalue weighted by molar-refractivity contribution is -0.127. The third-order valence-electron chi connectivity index (χ3n) is 3.03. The molecule has 0 saturated heterocycles. The van der Waals surface area contributed by atoms with Gasteiger partial charge in [-0.15, -0.1) is 0 Å². The van der Waals surface area contributed by atoms with E-state index in [1.54, 1.807) is 43.3 Å². The van der Waals surface area contributed by atoms with Crippen LogP contribution in [-0.4, -0.2) is 12.0 Å². The predicted octanol–water partition coefficient (Wildman–Crippen LogP) is 3.30. The zero-order chi connectivity index (χ0) is 15.9. The molecule has 0 aliphatic rings. The summed E-state index contributed by atoms with van der Waals surface area (Å²) in [6.45, 7) is 2.07. The molecule has 0 saturated carbocycles. The predicted molar refractivity (Wildman–Crippen MR) is 84.5 cm³/mol. The van der Waals surface area contributed by atoms with Crippen LogP contribution in [0.25, 0.3) is 0 Å². The smallest absolute Gasteiger partial charge is 0.261 e. The lowest BCUT2D eigenvalue weighted by Gasteiger charge is -2.15. The van der Waals surface area contributed by atoms with Gasteiger partial charge in [0.2, 0.25) is 0 Å². The Morgan fingerprint density at radius 2 is 2.05 bits per heavy atom. The van der Waals surface area contributed by atoms with Crippen LogP contribution in [-0.2, 0) is 11.3 Å². The average molecular weight is 315 g/mol. The quantitative estimate of drug-likeness (QED) is 0.921. The molecule has 2 rings (SSSR count). The van der Waals surface area contributed by atoms with E-state index in [2.05, 4.69) is 5.32 Å². The van der Waals surface area contributed by atoms with Crippen LogP contribution in [0.15, 0.2) is 48.5 Å². The molecular weight excluding hydrogens is 300 g/mol. The molecule has 0 bridgehead atoms. The van der Waals surface area contributed by atoms with Gasteiger partial charge in [0.25, 0.3) is 5.91 Å². The lowest BCUT2D eigenvalue weighted by atomic mass is 10.2. The van der Waals surface area contributed by atoms with Crippen LogP contribution in [0.3, 0.4) is 0 Å². The molecule has 5 heteroatoms.